The van der Waals surface area contributed by atoms with Crippen LogP contribution in [0.3, 0.4) is 0 Å². The Morgan fingerprint density at radius 2 is 1.70 bits per heavy atom. The maximum absolute atomic E-state index is 13.4. The third-order valence-electron chi connectivity index (χ3n) is 6.44. The van der Waals surface area contributed by atoms with Crippen molar-refractivity contribution in [2.75, 3.05) is 10.6 Å². The number of anilines is 2. The molecule has 1 aliphatic carbocycles. The van der Waals surface area contributed by atoms with Crippen LogP contribution in [0, 0.1) is 18.3 Å². The summed E-state index contributed by atoms with van der Waals surface area (Å²) >= 11 is 7.53. The van der Waals surface area contributed by atoms with Gasteiger partial charge >= 0.3 is 0 Å². The quantitative estimate of drug-likeness (QED) is 0.409. The van der Waals surface area contributed by atoms with E-state index in [1.807, 2.05) is 25.1 Å². The van der Waals surface area contributed by atoms with Crippen molar-refractivity contribution in [2.24, 2.45) is 11.3 Å². The summed E-state index contributed by atoms with van der Waals surface area (Å²) in [4.78, 5) is 27.7. The lowest BCUT2D eigenvalue weighted by atomic mass is 9.72. The first-order valence-corrected chi connectivity index (χ1v) is 12.4. The molecule has 1 aromatic heterocycles. The van der Waals surface area contributed by atoms with Crippen LogP contribution in [-0.2, 0) is 12.8 Å². The molecular formula is C27H29ClN2O2S. The number of carbonyl (C=O) groups is 2. The lowest BCUT2D eigenvalue weighted by Crippen LogP contribution is -2.27. The largest absolute Gasteiger partial charge is 0.322 e. The maximum Gasteiger partial charge on any atom is 0.258 e. The van der Waals surface area contributed by atoms with Gasteiger partial charge in [-0.2, -0.15) is 0 Å². The van der Waals surface area contributed by atoms with Crippen LogP contribution in [0.1, 0.15) is 63.9 Å². The zero-order chi connectivity index (χ0) is 23.8. The molecule has 1 atom stereocenters. The third-order valence-corrected chi connectivity index (χ3v) is 7.86. The molecule has 6 heteroatoms. The van der Waals surface area contributed by atoms with E-state index in [4.69, 9.17) is 11.6 Å². The smallest absolute Gasteiger partial charge is 0.258 e. The second kappa shape index (κ2) is 9.32. The number of amides is 2. The zero-order valence-electron chi connectivity index (χ0n) is 19.4. The van der Waals surface area contributed by atoms with Crippen molar-refractivity contribution in [3.8, 4) is 0 Å². The summed E-state index contributed by atoms with van der Waals surface area (Å²) in [5.74, 6) is 0.138. The van der Waals surface area contributed by atoms with Gasteiger partial charge in [0, 0.05) is 21.2 Å². The van der Waals surface area contributed by atoms with Gasteiger partial charge in [-0.3, -0.25) is 9.59 Å². The normalized spacial score (nSPS) is 15.6. The van der Waals surface area contributed by atoms with E-state index in [1.54, 1.807) is 30.3 Å². The fraction of sp³-hybridized carbons (Fsp3) is 0.333. The SMILES string of the molecule is Cc1ccccc1C(=O)Nc1sc2c(c1C(=O)Nc1ccc(Cl)cc1)CCC(C(C)(C)C)C2. The van der Waals surface area contributed by atoms with E-state index in [0.29, 0.717) is 32.8 Å². The minimum absolute atomic E-state index is 0.192. The molecule has 2 aromatic carbocycles. The fourth-order valence-corrected chi connectivity index (χ4v) is 5.82. The van der Waals surface area contributed by atoms with Crippen molar-refractivity contribution in [2.45, 2.75) is 47.0 Å². The number of carbonyl (C=O) groups excluding carboxylic acids is 2. The van der Waals surface area contributed by atoms with Gasteiger partial charge in [0.1, 0.15) is 5.00 Å². The second-order valence-corrected chi connectivity index (χ2v) is 11.3. The molecule has 1 unspecified atom stereocenters. The van der Waals surface area contributed by atoms with Crippen molar-refractivity contribution >= 4 is 45.4 Å². The van der Waals surface area contributed by atoms with Crippen LogP contribution in [-0.4, -0.2) is 11.8 Å². The number of hydrogen-bond donors (Lipinski definition) is 2. The van der Waals surface area contributed by atoms with Crippen LogP contribution in [0.4, 0.5) is 10.7 Å². The van der Waals surface area contributed by atoms with Gasteiger partial charge in [0.15, 0.2) is 0 Å². The van der Waals surface area contributed by atoms with E-state index in [0.717, 1.165) is 30.4 Å². The molecule has 0 aliphatic heterocycles. The molecule has 0 fully saturated rings. The molecule has 0 saturated carbocycles. The molecule has 1 heterocycles. The van der Waals surface area contributed by atoms with Crippen LogP contribution in [0.15, 0.2) is 48.5 Å². The number of benzene rings is 2. The predicted octanol–water partition coefficient (Wildman–Crippen LogP) is 7.37. The number of halogens is 1. The Balaban J connectivity index is 1.69. The lowest BCUT2D eigenvalue weighted by Gasteiger charge is -2.33. The van der Waals surface area contributed by atoms with Crippen molar-refractivity contribution < 1.29 is 9.59 Å². The van der Waals surface area contributed by atoms with E-state index in [2.05, 4.69) is 31.4 Å². The Morgan fingerprint density at radius 1 is 1.00 bits per heavy atom. The topological polar surface area (TPSA) is 58.2 Å². The molecule has 2 N–H and O–H groups in total. The molecule has 3 aromatic rings. The first kappa shape index (κ1) is 23.5. The maximum atomic E-state index is 13.4. The van der Waals surface area contributed by atoms with Gasteiger partial charge < -0.3 is 10.6 Å². The average Bonchev–Trinajstić information content (AvgIpc) is 3.12. The summed E-state index contributed by atoms with van der Waals surface area (Å²) in [6.07, 6.45) is 2.78. The molecule has 33 heavy (non-hydrogen) atoms. The Labute approximate surface area is 204 Å². The average molecular weight is 481 g/mol. The van der Waals surface area contributed by atoms with Gasteiger partial charge in [0.25, 0.3) is 11.8 Å². The van der Waals surface area contributed by atoms with Gasteiger partial charge in [-0.1, -0.05) is 50.6 Å². The number of thiophene rings is 1. The molecule has 172 valence electrons. The van der Waals surface area contributed by atoms with Crippen molar-refractivity contribution in [3.05, 3.63) is 80.7 Å². The van der Waals surface area contributed by atoms with Crippen LogP contribution in [0.5, 0.6) is 0 Å². The molecule has 1 aliphatic rings. The van der Waals surface area contributed by atoms with Gasteiger partial charge in [-0.25, -0.2) is 0 Å². The standard InChI is InChI=1S/C27H29ClN2O2S/c1-16-7-5-6-8-20(16)24(31)30-26-23(25(32)29-19-12-10-18(28)11-13-19)21-14-9-17(27(2,3)4)15-22(21)33-26/h5-8,10-13,17H,9,14-15H2,1-4H3,(H,29,32)(H,30,31). The highest BCUT2D eigenvalue weighted by Crippen LogP contribution is 2.44. The van der Waals surface area contributed by atoms with Crippen LogP contribution < -0.4 is 10.6 Å². The van der Waals surface area contributed by atoms with Gasteiger partial charge in [0.05, 0.1) is 5.56 Å². The van der Waals surface area contributed by atoms with Crippen molar-refractivity contribution in [1.82, 2.24) is 0 Å². The molecular weight excluding hydrogens is 452 g/mol. The lowest BCUT2D eigenvalue weighted by molar-refractivity contribution is 0.102. The first-order chi connectivity index (χ1) is 15.6. The summed E-state index contributed by atoms with van der Waals surface area (Å²) in [6.45, 7) is 8.72. The number of hydrogen-bond acceptors (Lipinski definition) is 3. The van der Waals surface area contributed by atoms with E-state index < -0.39 is 0 Å². The molecule has 0 bridgehead atoms. The zero-order valence-corrected chi connectivity index (χ0v) is 21.0. The monoisotopic (exact) mass is 480 g/mol. The van der Waals surface area contributed by atoms with Crippen molar-refractivity contribution in [3.63, 3.8) is 0 Å². The molecule has 4 rings (SSSR count). The Bertz CT molecular complexity index is 1190. The highest BCUT2D eigenvalue weighted by Gasteiger charge is 2.34. The summed E-state index contributed by atoms with van der Waals surface area (Å²) in [6, 6.07) is 14.5. The summed E-state index contributed by atoms with van der Waals surface area (Å²) in [7, 11) is 0. The number of aryl methyl sites for hydroxylation is 1. The van der Waals surface area contributed by atoms with Gasteiger partial charge in [-0.15, -0.1) is 11.3 Å². The minimum atomic E-state index is -0.205. The highest BCUT2D eigenvalue weighted by molar-refractivity contribution is 7.17. The third kappa shape index (κ3) is 5.15. The molecule has 0 radical (unpaired) electrons. The predicted molar refractivity (Wildman–Crippen MR) is 138 cm³/mol. The molecule has 0 saturated heterocycles. The summed E-state index contributed by atoms with van der Waals surface area (Å²) in [5, 5.41) is 7.27. The van der Waals surface area contributed by atoms with E-state index in [9.17, 15) is 9.59 Å². The molecule has 0 spiro atoms. The van der Waals surface area contributed by atoms with Gasteiger partial charge in [-0.05, 0) is 79.0 Å². The van der Waals surface area contributed by atoms with Crippen LogP contribution in [0.2, 0.25) is 5.02 Å². The fourth-order valence-electron chi connectivity index (χ4n) is 4.38. The van der Waals surface area contributed by atoms with Crippen molar-refractivity contribution in [1.29, 1.82) is 0 Å². The minimum Gasteiger partial charge on any atom is -0.322 e. The first-order valence-electron chi connectivity index (χ1n) is 11.2. The number of nitrogens with one attached hydrogen (secondary N) is 2. The Morgan fingerprint density at radius 3 is 2.36 bits per heavy atom. The van der Waals surface area contributed by atoms with E-state index in [1.165, 1.54) is 16.2 Å². The Kier molecular flexibility index (Phi) is 6.64. The summed E-state index contributed by atoms with van der Waals surface area (Å²) < 4.78 is 0. The van der Waals surface area contributed by atoms with Crippen LogP contribution in [0.25, 0.3) is 0 Å². The van der Waals surface area contributed by atoms with Crippen LogP contribution >= 0.6 is 22.9 Å². The molecule has 4 nitrogen and oxygen atoms in total. The number of fused-ring (bicyclic) bond motifs is 1. The van der Waals surface area contributed by atoms with E-state index in [-0.39, 0.29) is 17.2 Å². The number of rotatable bonds is 4. The molecule has 2 amide bonds. The second-order valence-electron chi connectivity index (χ2n) is 9.74. The Hall–Kier alpha value is -2.63. The van der Waals surface area contributed by atoms with E-state index >= 15 is 0 Å². The highest BCUT2D eigenvalue weighted by atomic mass is 35.5. The summed E-state index contributed by atoms with van der Waals surface area (Å²) in [5.41, 5.74) is 4.02. The van der Waals surface area contributed by atoms with Gasteiger partial charge in [0.2, 0.25) is 0 Å².